The lowest BCUT2D eigenvalue weighted by atomic mass is 10.1. The molecule has 270 valence electrons. The van der Waals surface area contributed by atoms with Crippen molar-refractivity contribution in [2.24, 2.45) is 0 Å². The highest BCUT2D eigenvalue weighted by molar-refractivity contribution is 4.55. The van der Waals surface area contributed by atoms with E-state index in [4.69, 9.17) is 14.2 Å². The maximum Gasteiger partial charge on any atom is 0.0805 e. The molecule has 44 heavy (non-hydrogen) atoms. The summed E-state index contributed by atoms with van der Waals surface area (Å²) in [5, 5.41) is 0. The van der Waals surface area contributed by atoms with E-state index < -0.39 is 0 Å². The Morgan fingerprint density at radius 1 is 0.318 bits per heavy atom. The largest absolute Gasteiger partial charge is 0.381 e. The molecular weight excluding hydrogens is 540 g/mol. The van der Waals surface area contributed by atoms with Crippen LogP contribution in [0.2, 0.25) is 0 Å². The molecule has 0 aliphatic carbocycles. The molecule has 0 amide bonds. The minimum absolute atomic E-state index is 0.296. The standard InChI is InChI=1S/C32H66O2.C7H16O.C2H6/c1-4-7-9-11-13-15-17-19-21-23-25-27-29-33-31-32(6-3)34-30-28-26-24-22-20-18-16-14-12-10-8-5-2;1-3-5-7-8-6-4-2;1-2/h32H,4-31H2,1-3H3;3-7H2,1-2H3;1-2H3. The van der Waals surface area contributed by atoms with Crippen LogP contribution in [0.3, 0.4) is 0 Å². The van der Waals surface area contributed by atoms with Crippen molar-refractivity contribution in [3.05, 3.63) is 0 Å². The topological polar surface area (TPSA) is 27.7 Å². The van der Waals surface area contributed by atoms with Gasteiger partial charge >= 0.3 is 0 Å². The van der Waals surface area contributed by atoms with Crippen LogP contribution in [0.5, 0.6) is 0 Å². The Balaban J connectivity index is -0.00000144. The zero-order chi connectivity index (χ0) is 33.0. The molecule has 0 spiro atoms. The summed E-state index contributed by atoms with van der Waals surface area (Å²) in [6, 6.07) is 0. The Kier molecular flexibility index (Phi) is 54.6. The lowest BCUT2D eigenvalue weighted by molar-refractivity contribution is -0.0200. The molecule has 0 aromatic rings. The summed E-state index contributed by atoms with van der Waals surface area (Å²) in [7, 11) is 0. The van der Waals surface area contributed by atoms with Crippen molar-refractivity contribution in [2.45, 2.75) is 234 Å². The summed E-state index contributed by atoms with van der Waals surface area (Å²) in [5.41, 5.74) is 0. The quantitative estimate of drug-likeness (QED) is 0.0653. The van der Waals surface area contributed by atoms with Crippen molar-refractivity contribution in [1.82, 2.24) is 0 Å². The predicted octanol–water partition coefficient (Wildman–Crippen LogP) is 14.4. The molecule has 0 aromatic heterocycles. The smallest absolute Gasteiger partial charge is 0.0805 e. The van der Waals surface area contributed by atoms with Crippen molar-refractivity contribution in [1.29, 1.82) is 0 Å². The average molecular weight is 629 g/mol. The summed E-state index contributed by atoms with van der Waals surface area (Å²) in [6.45, 7) is 19.6. The van der Waals surface area contributed by atoms with Gasteiger partial charge < -0.3 is 14.2 Å². The van der Waals surface area contributed by atoms with Gasteiger partial charge in [-0.25, -0.2) is 0 Å². The molecule has 0 bridgehead atoms. The first kappa shape index (κ1) is 48.3. The van der Waals surface area contributed by atoms with E-state index in [2.05, 4.69) is 34.6 Å². The summed E-state index contributed by atoms with van der Waals surface area (Å²) < 4.78 is 17.2. The number of hydrogen-bond acceptors (Lipinski definition) is 3. The normalized spacial score (nSPS) is 11.5. The van der Waals surface area contributed by atoms with Gasteiger partial charge in [-0.1, -0.05) is 196 Å². The summed E-state index contributed by atoms with van der Waals surface area (Å²) in [4.78, 5) is 0. The summed E-state index contributed by atoms with van der Waals surface area (Å²) in [6.07, 6.45) is 38.5. The molecule has 0 saturated carbocycles. The molecule has 1 unspecified atom stereocenters. The molecule has 1 atom stereocenters. The van der Waals surface area contributed by atoms with Gasteiger partial charge in [0.05, 0.1) is 12.7 Å². The van der Waals surface area contributed by atoms with E-state index in [1.807, 2.05) is 13.8 Å². The van der Waals surface area contributed by atoms with Crippen molar-refractivity contribution in [3.63, 3.8) is 0 Å². The minimum atomic E-state index is 0.296. The first-order chi connectivity index (χ1) is 21.8. The minimum Gasteiger partial charge on any atom is -0.381 e. The van der Waals surface area contributed by atoms with Gasteiger partial charge in [0.15, 0.2) is 0 Å². The van der Waals surface area contributed by atoms with E-state index in [0.29, 0.717) is 6.10 Å². The molecule has 0 fully saturated rings. The van der Waals surface area contributed by atoms with Crippen molar-refractivity contribution < 1.29 is 14.2 Å². The van der Waals surface area contributed by atoms with Crippen LogP contribution < -0.4 is 0 Å². The van der Waals surface area contributed by atoms with E-state index in [0.717, 1.165) is 45.9 Å². The van der Waals surface area contributed by atoms with Crippen LogP contribution >= 0.6 is 0 Å². The molecular formula is C41H88O3. The van der Waals surface area contributed by atoms with Crippen LogP contribution in [-0.2, 0) is 14.2 Å². The third-order valence-electron chi connectivity index (χ3n) is 8.24. The fraction of sp³-hybridized carbons (Fsp3) is 1.00. The molecule has 0 aliphatic heterocycles. The number of rotatable bonds is 35. The van der Waals surface area contributed by atoms with Gasteiger partial charge in [-0.15, -0.1) is 0 Å². The van der Waals surface area contributed by atoms with Crippen molar-refractivity contribution in [2.75, 3.05) is 33.0 Å². The molecule has 0 aromatic carbocycles. The Bertz CT molecular complexity index is 422. The Morgan fingerprint density at radius 2 is 0.659 bits per heavy atom. The van der Waals surface area contributed by atoms with Crippen LogP contribution in [0.15, 0.2) is 0 Å². The molecule has 0 aliphatic rings. The Labute approximate surface area is 281 Å². The summed E-state index contributed by atoms with van der Waals surface area (Å²) >= 11 is 0. The van der Waals surface area contributed by atoms with E-state index in [1.54, 1.807) is 0 Å². The van der Waals surface area contributed by atoms with Crippen LogP contribution in [-0.4, -0.2) is 39.1 Å². The molecule has 0 heterocycles. The van der Waals surface area contributed by atoms with Crippen molar-refractivity contribution >= 4 is 0 Å². The van der Waals surface area contributed by atoms with Gasteiger partial charge in [0.2, 0.25) is 0 Å². The van der Waals surface area contributed by atoms with Gasteiger partial charge in [0.25, 0.3) is 0 Å². The third-order valence-corrected chi connectivity index (χ3v) is 8.24. The lowest BCUT2D eigenvalue weighted by Crippen LogP contribution is -2.20. The van der Waals surface area contributed by atoms with E-state index in [9.17, 15) is 0 Å². The number of ether oxygens (including phenoxy) is 3. The fourth-order valence-electron chi connectivity index (χ4n) is 5.23. The second-order valence-electron chi connectivity index (χ2n) is 12.7. The zero-order valence-electron chi connectivity index (χ0n) is 32.1. The maximum atomic E-state index is 6.07. The number of hydrogen-bond donors (Lipinski definition) is 0. The first-order valence-corrected chi connectivity index (χ1v) is 20.5. The second-order valence-corrected chi connectivity index (χ2v) is 12.7. The monoisotopic (exact) mass is 629 g/mol. The molecule has 3 nitrogen and oxygen atoms in total. The van der Waals surface area contributed by atoms with Crippen LogP contribution in [0, 0.1) is 0 Å². The summed E-state index contributed by atoms with van der Waals surface area (Å²) in [5.74, 6) is 0. The van der Waals surface area contributed by atoms with E-state index in [-0.39, 0.29) is 0 Å². The highest BCUT2D eigenvalue weighted by atomic mass is 16.5. The highest BCUT2D eigenvalue weighted by Gasteiger charge is 2.06. The van der Waals surface area contributed by atoms with Gasteiger partial charge in [0, 0.05) is 26.4 Å². The van der Waals surface area contributed by atoms with Crippen molar-refractivity contribution in [3.8, 4) is 0 Å². The van der Waals surface area contributed by atoms with Crippen LogP contribution in [0.4, 0.5) is 0 Å². The van der Waals surface area contributed by atoms with Crippen LogP contribution in [0.25, 0.3) is 0 Å². The average Bonchev–Trinajstić information content (AvgIpc) is 3.05. The van der Waals surface area contributed by atoms with Gasteiger partial charge in [0.1, 0.15) is 0 Å². The predicted molar refractivity (Wildman–Crippen MR) is 200 cm³/mol. The molecule has 0 radical (unpaired) electrons. The Morgan fingerprint density at radius 3 is 1.02 bits per heavy atom. The third kappa shape index (κ3) is 48.8. The molecule has 0 N–H and O–H groups in total. The fourth-order valence-corrected chi connectivity index (χ4v) is 5.23. The van der Waals surface area contributed by atoms with E-state index >= 15 is 0 Å². The number of unbranched alkanes of at least 4 members (excludes halogenated alkanes) is 23. The first-order valence-electron chi connectivity index (χ1n) is 20.5. The lowest BCUT2D eigenvalue weighted by Gasteiger charge is -2.16. The highest BCUT2D eigenvalue weighted by Crippen LogP contribution is 2.13. The van der Waals surface area contributed by atoms with Gasteiger partial charge in [-0.05, 0) is 32.1 Å². The van der Waals surface area contributed by atoms with Gasteiger partial charge in [-0.2, -0.15) is 0 Å². The molecule has 0 rings (SSSR count). The SMILES string of the molecule is CC.CCCCCCCCCCCCCCOCC(CC)OCCCCCCCCCCCCCC.CCCCOCCC. The Hall–Kier alpha value is -0.120. The maximum absolute atomic E-state index is 6.07. The van der Waals surface area contributed by atoms with Gasteiger partial charge in [-0.3, -0.25) is 0 Å². The molecule has 3 heteroatoms. The second kappa shape index (κ2) is 49.8. The molecule has 0 saturated heterocycles. The van der Waals surface area contributed by atoms with Crippen LogP contribution in [0.1, 0.15) is 228 Å². The zero-order valence-corrected chi connectivity index (χ0v) is 32.1. The van der Waals surface area contributed by atoms with E-state index in [1.165, 1.54) is 167 Å².